The summed E-state index contributed by atoms with van der Waals surface area (Å²) in [6, 6.07) is 1.90. The Bertz CT molecular complexity index is 250. The molecule has 1 heterocycles. The lowest BCUT2D eigenvalue weighted by molar-refractivity contribution is 0.280. The number of halogens is 2. The number of aliphatic hydroxyl groups is 1. The number of rotatable bonds is 4. The molecule has 0 aliphatic carbocycles. The molecular formula is C7H10Br2N2O. The lowest BCUT2D eigenvalue weighted by Gasteiger charge is -2.00. The highest BCUT2D eigenvalue weighted by Gasteiger charge is 2.01. The van der Waals surface area contributed by atoms with Crippen LogP contribution in [0.15, 0.2) is 15.3 Å². The van der Waals surface area contributed by atoms with Crippen LogP contribution in [-0.2, 0) is 6.54 Å². The Morgan fingerprint density at radius 3 is 2.67 bits per heavy atom. The molecule has 0 atom stereocenters. The Hall–Kier alpha value is 0.130. The van der Waals surface area contributed by atoms with Crippen LogP contribution in [0.5, 0.6) is 0 Å². The first-order chi connectivity index (χ1) is 5.74. The number of aromatic nitrogens is 2. The Balaban J connectivity index is 2.45. The Kier molecular flexibility index (Phi) is 4.25. The monoisotopic (exact) mass is 296 g/mol. The average Bonchev–Trinajstić information content (AvgIpc) is 2.31. The molecule has 1 rings (SSSR count). The second kappa shape index (κ2) is 4.99. The third kappa shape index (κ3) is 2.88. The summed E-state index contributed by atoms with van der Waals surface area (Å²) < 4.78 is 3.66. The van der Waals surface area contributed by atoms with E-state index in [2.05, 4.69) is 37.0 Å². The van der Waals surface area contributed by atoms with Crippen LogP contribution in [0, 0.1) is 0 Å². The van der Waals surface area contributed by atoms with Gasteiger partial charge in [0.15, 0.2) is 0 Å². The van der Waals surface area contributed by atoms with Gasteiger partial charge in [0.25, 0.3) is 0 Å². The van der Waals surface area contributed by atoms with Crippen molar-refractivity contribution in [3.05, 3.63) is 15.3 Å². The standard InChI is InChI=1S/C7H10Br2N2O/c8-6-5-7(9)11(10-6)3-1-2-4-12/h5,12H,1-4H2. The van der Waals surface area contributed by atoms with Gasteiger partial charge in [0.2, 0.25) is 0 Å². The maximum absolute atomic E-state index is 8.57. The largest absolute Gasteiger partial charge is 0.396 e. The minimum absolute atomic E-state index is 0.250. The summed E-state index contributed by atoms with van der Waals surface area (Å²) in [4.78, 5) is 0. The third-order valence-electron chi connectivity index (χ3n) is 1.48. The van der Waals surface area contributed by atoms with Gasteiger partial charge in [-0.15, -0.1) is 0 Å². The minimum atomic E-state index is 0.250. The van der Waals surface area contributed by atoms with Crippen LogP contribution in [-0.4, -0.2) is 21.5 Å². The van der Waals surface area contributed by atoms with E-state index in [9.17, 15) is 0 Å². The van der Waals surface area contributed by atoms with Crippen molar-refractivity contribution in [1.82, 2.24) is 9.78 Å². The van der Waals surface area contributed by atoms with Crippen molar-refractivity contribution in [3.63, 3.8) is 0 Å². The summed E-state index contributed by atoms with van der Waals surface area (Å²) in [6.45, 7) is 1.09. The molecule has 0 aromatic carbocycles. The van der Waals surface area contributed by atoms with Gasteiger partial charge in [-0.2, -0.15) is 5.10 Å². The molecular weight excluding hydrogens is 288 g/mol. The summed E-state index contributed by atoms with van der Waals surface area (Å²) in [5.41, 5.74) is 0. The SMILES string of the molecule is OCCCCn1nc(Br)cc1Br. The second-order valence-corrected chi connectivity index (χ2v) is 4.07. The number of hydrogen-bond donors (Lipinski definition) is 1. The fraction of sp³-hybridized carbons (Fsp3) is 0.571. The lowest BCUT2D eigenvalue weighted by atomic mass is 10.3. The third-order valence-corrected chi connectivity index (χ3v) is 2.50. The van der Waals surface area contributed by atoms with Crippen LogP contribution >= 0.6 is 31.9 Å². The number of unbranched alkanes of at least 4 members (excludes halogenated alkanes) is 1. The molecule has 5 heteroatoms. The fourth-order valence-corrected chi connectivity index (χ4v) is 2.08. The molecule has 0 fully saturated rings. The number of hydrogen-bond acceptors (Lipinski definition) is 2. The van der Waals surface area contributed by atoms with Gasteiger partial charge in [0.05, 0.1) is 0 Å². The van der Waals surface area contributed by atoms with Crippen LogP contribution in [0.2, 0.25) is 0 Å². The zero-order valence-electron chi connectivity index (χ0n) is 6.50. The van der Waals surface area contributed by atoms with Crippen molar-refractivity contribution in [2.75, 3.05) is 6.61 Å². The van der Waals surface area contributed by atoms with E-state index in [0.717, 1.165) is 28.6 Å². The second-order valence-electron chi connectivity index (χ2n) is 2.44. The number of aliphatic hydroxyl groups excluding tert-OH is 1. The zero-order chi connectivity index (χ0) is 8.97. The van der Waals surface area contributed by atoms with Crippen molar-refractivity contribution >= 4 is 31.9 Å². The Morgan fingerprint density at radius 2 is 2.17 bits per heavy atom. The molecule has 0 radical (unpaired) electrons. The van der Waals surface area contributed by atoms with Crippen LogP contribution in [0.3, 0.4) is 0 Å². The van der Waals surface area contributed by atoms with E-state index in [4.69, 9.17) is 5.11 Å². The van der Waals surface area contributed by atoms with Crippen molar-refractivity contribution in [2.45, 2.75) is 19.4 Å². The molecule has 1 aromatic heterocycles. The Labute approximate surface area is 88.0 Å². The molecule has 0 aliphatic rings. The van der Waals surface area contributed by atoms with Crippen molar-refractivity contribution in [1.29, 1.82) is 0 Å². The maximum atomic E-state index is 8.57. The van der Waals surface area contributed by atoms with E-state index >= 15 is 0 Å². The van der Waals surface area contributed by atoms with E-state index < -0.39 is 0 Å². The molecule has 0 unspecified atom stereocenters. The first-order valence-corrected chi connectivity index (χ1v) is 5.32. The van der Waals surface area contributed by atoms with Crippen LogP contribution in [0.25, 0.3) is 0 Å². The molecule has 0 aliphatic heterocycles. The molecule has 0 spiro atoms. The number of nitrogens with zero attached hydrogens (tertiary/aromatic N) is 2. The van der Waals surface area contributed by atoms with Gasteiger partial charge in [0.1, 0.15) is 9.21 Å². The van der Waals surface area contributed by atoms with Crippen molar-refractivity contribution in [2.24, 2.45) is 0 Å². The maximum Gasteiger partial charge on any atom is 0.129 e. The summed E-state index contributed by atoms with van der Waals surface area (Å²) >= 11 is 6.66. The first-order valence-electron chi connectivity index (χ1n) is 3.73. The van der Waals surface area contributed by atoms with Crippen molar-refractivity contribution in [3.8, 4) is 0 Å². The van der Waals surface area contributed by atoms with E-state index in [0.29, 0.717) is 0 Å². The summed E-state index contributed by atoms with van der Waals surface area (Å²) in [7, 11) is 0. The quantitative estimate of drug-likeness (QED) is 0.865. The molecule has 1 aromatic rings. The van der Waals surface area contributed by atoms with Gasteiger partial charge in [-0.25, -0.2) is 0 Å². The van der Waals surface area contributed by atoms with Crippen LogP contribution in [0.1, 0.15) is 12.8 Å². The summed E-state index contributed by atoms with van der Waals surface area (Å²) in [6.07, 6.45) is 1.77. The van der Waals surface area contributed by atoms with E-state index in [-0.39, 0.29) is 6.61 Å². The van der Waals surface area contributed by atoms with Gasteiger partial charge in [-0.05, 0) is 44.7 Å². The molecule has 0 amide bonds. The molecule has 3 nitrogen and oxygen atoms in total. The summed E-state index contributed by atoms with van der Waals surface area (Å²) in [5.74, 6) is 0. The van der Waals surface area contributed by atoms with E-state index in [1.807, 2.05) is 10.7 Å². The first kappa shape index (κ1) is 10.2. The Morgan fingerprint density at radius 1 is 1.42 bits per heavy atom. The van der Waals surface area contributed by atoms with Gasteiger partial charge in [-0.1, -0.05) is 0 Å². The molecule has 0 bridgehead atoms. The topological polar surface area (TPSA) is 38.0 Å². The van der Waals surface area contributed by atoms with Gasteiger partial charge >= 0.3 is 0 Å². The molecule has 0 saturated carbocycles. The lowest BCUT2D eigenvalue weighted by Crippen LogP contribution is -2.01. The molecule has 0 saturated heterocycles. The highest BCUT2D eigenvalue weighted by atomic mass is 79.9. The fourth-order valence-electron chi connectivity index (χ4n) is 0.895. The predicted molar refractivity (Wildman–Crippen MR) is 53.9 cm³/mol. The van der Waals surface area contributed by atoms with Gasteiger partial charge < -0.3 is 5.11 Å². The highest BCUT2D eigenvalue weighted by molar-refractivity contribution is 9.11. The molecule has 68 valence electrons. The molecule has 1 N–H and O–H groups in total. The zero-order valence-corrected chi connectivity index (χ0v) is 9.68. The van der Waals surface area contributed by atoms with E-state index in [1.165, 1.54) is 0 Å². The van der Waals surface area contributed by atoms with Crippen molar-refractivity contribution < 1.29 is 5.11 Å². The van der Waals surface area contributed by atoms with Crippen LogP contribution in [0.4, 0.5) is 0 Å². The average molecular weight is 298 g/mol. The van der Waals surface area contributed by atoms with Gasteiger partial charge in [-0.3, -0.25) is 4.68 Å². The normalized spacial score (nSPS) is 10.6. The highest BCUT2D eigenvalue weighted by Crippen LogP contribution is 2.16. The van der Waals surface area contributed by atoms with Gasteiger partial charge in [0, 0.05) is 19.2 Å². The minimum Gasteiger partial charge on any atom is -0.396 e. The predicted octanol–water partition coefficient (Wildman–Crippen LogP) is 2.18. The smallest absolute Gasteiger partial charge is 0.129 e. The van der Waals surface area contributed by atoms with Crippen LogP contribution < -0.4 is 0 Å². The molecule has 12 heavy (non-hydrogen) atoms. The summed E-state index contributed by atoms with van der Waals surface area (Å²) in [5, 5.41) is 12.8. The number of aryl methyl sites for hydroxylation is 1. The van der Waals surface area contributed by atoms with E-state index in [1.54, 1.807) is 0 Å².